The molecule has 0 amide bonds. The van der Waals surface area contributed by atoms with E-state index in [-0.39, 0.29) is 0 Å². The molecule has 0 saturated heterocycles. The van der Waals surface area contributed by atoms with Crippen molar-refractivity contribution in [3.63, 3.8) is 0 Å². The predicted octanol–water partition coefficient (Wildman–Crippen LogP) is 3.47. The normalized spacial score (nSPS) is 10.6. The summed E-state index contributed by atoms with van der Waals surface area (Å²) in [6, 6.07) is 15.4. The molecule has 0 fully saturated rings. The van der Waals surface area contributed by atoms with Crippen LogP contribution in [0.2, 0.25) is 5.02 Å². The number of para-hydroxylation sites is 1. The second-order valence-electron chi connectivity index (χ2n) is 3.93. The molecule has 4 heteroatoms. The van der Waals surface area contributed by atoms with E-state index >= 15 is 0 Å². The molecule has 19 heavy (non-hydrogen) atoms. The summed E-state index contributed by atoms with van der Waals surface area (Å²) < 4.78 is 5.27. The Morgan fingerprint density at radius 2 is 1.89 bits per heavy atom. The third-order valence-corrected chi connectivity index (χ3v) is 3.01. The molecule has 98 valence electrons. The van der Waals surface area contributed by atoms with Crippen LogP contribution in [0.5, 0.6) is 5.75 Å². The minimum Gasteiger partial charge on any atom is -0.496 e. The molecule has 1 N–H and O–H groups in total. The van der Waals surface area contributed by atoms with Crippen molar-refractivity contribution in [3.8, 4) is 5.75 Å². The van der Waals surface area contributed by atoms with Gasteiger partial charge in [-0.2, -0.15) is 5.10 Å². The molecule has 0 heterocycles. The van der Waals surface area contributed by atoms with Crippen LogP contribution in [-0.2, 0) is 6.54 Å². The first kappa shape index (κ1) is 13.4. The maximum Gasteiger partial charge on any atom is 0.123 e. The molecular formula is C15H15ClN2O. The second-order valence-corrected chi connectivity index (χ2v) is 4.33. The standard InChI is InChI=1S/C15H15ClN2O/c1-19-15-9-5-3-7-13(15)11-18-17-10-12-6-2-4-8-14(12)16/h2-10,18H,11H2,1H3/b17-10+. The van der Waals surface area contributed by atoms with Gasteiger partial charge >= 0.3 is 0 Å². The quantitative estimate of drug-likeness (QED) is 0.669. The molecule has 0 aliphatic carbocycles. The summed E-state index contributed by atoms with van der Waals surface area (Å²) in [6.45, 7) is 0.602. The SMILES string of the molecule is COc1ccccc1CN/N=C/c1ccccc1Cl. The number of hydrogen-bond acceptors (Lipinski definition) is 3. The highest BCUT2D eigenvalue weighted by atomic mass is 35.5. The first-order valence-electron chi connectivity index (χ1n) is 5.93. The number of rotatable bonds is 5. The molecule has 0 aromatic heterocycles. The topological polar surface area (TPSA) is 33.6 Å². The van der Waals surface area contributed by atoms with Gasteiger partial charge in [0.1, 0.15) is 5.75 Å². The number of nitrogens with zero attached hydrogens (tertiary/aromatic N) is 1. The summed E-state index contributed by atoms with van der Waals surface area (Å²) in [5.41, 5.74) is 4.93. The Kier molecular flexibility index (Phi) is 4.81. The van der Waals surface area contributed by atoms with Crippen molar-refractivity contribution in [1.82, 2.24) is 5.43 Å². The molecule has 2 aromatic carbocycles. The van der Waals surface area contributed by atoms with Crippen LogP contribution >= 0.6 is 11.6 Å². The second kappa shape index (κ2) is 6.81. The molecule has 0 aliphatic heterocycles. The van der Waals surface area contributed by atoms with Gasteiger partial charge < -0.3 is 10.2 Å². The molecule has 0 unspecified atom stereocenters. The van der Waals surface area contributed by atoms with Gasteiger partial charge in [0.15, 0.2) is 0 Å². The smallest absolute Gasteiger partial charge is 0.123 e. The summed E-state index contributed by atoms with van der Waals surface area (Å²) in [6.07, 6.45) is 1.71. The van der Waals surface area contributed by atoms with Crippen molar-refractivity contribution in [3.05, 3.63) is 64.7 Å². The summed E-state index contributed by atoms with van der Waals surface area (Å²) >= 11 is 6.03. The van der Waals surface area contributed by atoms with Crippen molar-refractivity contribution in [1.29, 1.82) is 0 Å². The minimum absolute atomic E-state index is 0.602. The number of hydrazone groups is 1. The van der Waals surface area contributed by atoms with E-state index in [1.807, 2.05) is 48.5 Å². The summed E-state index contributed by atoms with van der Waals surface area (Å²) in [4.78, 5) is 0. The predicted molar refractivity (Wildman–Crippen MR) is 78.9 cm³/mol. The van der Waals surface area contributed by atoms with Gasteiger partial charge in [-0.25, -0.2) is 0 Å². The minimum atomic E-state index is 0.602. The Morgan fingerprint density at radius 1 is 1.16 bits per heavy atom. The fourth-order valence-electron chi connectivity index (χ4n) is 1.67. The van der Waals surface area contributed by atoms with Gasteiger partial charge in [-0.3, -0.25) is 0 Å². The number of ether oxygens (including phenoxy) is 1. The van der Waals surface area contributed by atoms with Gasteiger partial charge in [0, 0.05) is 16.1 Å². The Bertz CT molecular complexity index is 570. The van der Waals surface area contributed by atoms with Crippen LogP contribution in [0.4, 0.5) is 0 Å². The van der Waals surface area contributed by atoms with Crippen molar-refractivity contribution in [2.45, 2.75) is 6.54 Å². The Hall–Kier alpha value is -2.00. The maximum absolute atomic E-state index is 6.03. The lowest BCUT2D eigenvalue weighted by atomic mass is 10.2. The van der Waals surface area contributed by atoms with E-state index in [1.54, 1.807) is 13.3 Å². The number of hydrogen-bond donors (Lipinski definition) is 1. The highest BCUT2D eigenvalue weighted by Gasteiger charge is 1.99. The molecule has 0 radical (unpaired) electrons. The van der Waals surface area contributed by atoms with E-state index in [4.69, 9.17) is 16.3 Å². The molecule has 0 spiro atoms. The zero-order valence-electron chi connectivity index (χ0n) is 10.6. The number of halogens is 1. The lowest BCUT2D eigenvalue weighted by molar-refractivity contribution is 0.408. The molecule has 0 aliphatic rings. The highest BCUT2D eigenvalue weighted by molar-refractivity contribution is 6.33. The van der Waals surface area contributed by atoms with E-state index in [0.29, 0.717) is 11.6 Å². The third kappa shape index (κ3) is 3.73. The molecule has 0 saturated carbocycles. The summed E-state index contributed by atoms with van der Waals surface area (Å²) in [7, 11) is 1.66. The van der Waals surface area contributed by atoms with Crippen LogP contribution < -0.4 is 10.2 Å². The Balaban J connectivity index is 1.95. The third-order valence-electron chi connectivity index (χ3n) is 2.66. The monoisotopic (exact) mass is 274 g/mol. The first-order valence-corrected chi connectivity index (χ1v) is 6.31. The van der Waals surface area contributed by atoms with Crippen LogP contribution in [0.15, 0.2) is 53.6 Å². The molecule has 0 bridgehead atoms. The zero-order chi connectivity index (χ0) is 13.5. The molecule has 0 atom stereocenters. The van der Waals surface area contributed by atoms with Crippen LogP contribution in [-0.4, -0.2) is 13.3 Å². The number of benzene rings is 2. The lowest BCUT2D eigenvalue weighted by Gasteiger charge is -2.07. The fraction of sp³-hybridized carbons (Fsp3) is 0.133. The van der Waals surface area contributed by atoms with Gasteiger partial charge in [-0.05, 0) is 12.1 Å². The molecule has 2 rings (SSSR count). The van der Waals surface area contributed by atoms with E-state index in [1.165, 1.54) is 0 Å². The van der Waals surface area contributed by atoms with Crippen LogP contribution in [0, 0.1) is 0 Å². The number of nitrogens with one attached hydrogen (secondary N) is 1. The average molecular weight is 275 g/mol. The molecular weight excluding hydrogens is 260 g/mol. The van der Waals surface area contributed by atoms with Crippen LogP contribution in [0.25, 0.3) is 0 Å². The Labute approximate surface area is 117 Å². The largest absolute Gasteiger partial charge is 0.496 e. The zero-order valence-corrected chi connectivity index (χ0v) is 11.4. The van der Waals surface area contributed by atoms with Gasteiger partial charge in [0.25, 0.3) is 0 Å². The van der Waals surface area contributed by atoms with Gasteiger partial charge in [-0.15, -0.1) is 0 Å². The summed E-state index contributed by atoms with van der Waals surface area (Å²) in [5.74, 6) is 0.850. The number of methoxy groups -OCH3 is 1. The first-order chi connectivity index (χ1) is 9.31. The van der Waals surface area contributed by atoms with Gasteiger partial charge in [0.2, 0.25) is 0 Å². The van der Waals surface area contributed by atoms with Gasteiger partial charge in [0.05, 0.1) is 19.9 Å². The van der Waals surface area contributed by atoms with E-state index in [2.05, 4.69) is 10.5 Å². The van der Waals surface area contributed by atoms with E-state index in [9.17, 15) is 0 Å². The van der Waals surface area contributed by atoms with E-state index in [0.717, 1.165) is 16.9 Å². The van der Waals surface area contributed by atoms with Crippen molar-refractivity contribution >= 4 is 17.8 Å². The van der Waals surface area contributed by atoms with E-state index < -0.39 is 0 Å². The molecule has 3 nitrogen and oxygen atoms in total. The van der Waals surface area contributed by atoms with Crippen molar-refractivity contribution < 1.29 is 4.74 Å². The maximum atomic E-state index is 6.03. The van der Waals surface area contributed by atoms with Gasteiger partial charge in [-0.1, -0.05) is 48.0 Å². The highest BCUT2D eigenvalue weighted by Crippen LogP contribution is 2.16. The molecule has 2 aromatic rings. The van der Waals surface area contributed by atoms with Crippen LogP contribution in [0.3, 0.4) is 0 Å². The fourth-order valence-corrected chi connectivity index (χ4v) is 1.86. The Morgan fingerprint density at radius 3 is 2.68 bits per heavy atom. The van der Waals surface area contributed by atoms with Crippen molar-refractivity contribution in [2.24, 2.45) is 5.10 Å². The van der Waals surface area contributed by atoms with Crippen molar-refractivity contribution in [2.75, 3.05) is 7.11 Å². The average Bonchev–Trinajstić information content (AvgIpc) is 2.45. The summed E-state index contributed by atoms with van der Waals surface area (Å²) in [5, 5.41) is 4.84. The van der Waals surface area contributed by atoms with Crippen LogP contribution in [0.1, 0.15) is 11.1 Å². The lowest BCUT2D eigenvalue weighted by Crippen LogP contribution is -2.06.